The molecule has 1 aliphatic rings. The molecular weight excluding hydrogens is 229 g/mol. The topological polar surface area (TPSA) is 12.5 Å². The van der Waals surface area contributed by atoms with Crippen LogP contribution in [0.15, 0.2) is 24.3 Å². The van der Waals surface area contributed by atoms with E-state index >= 15 is 0 Å². The van der Waals surface area contributed by atoms with Gasteiger partial charge >= 0.3 is 0 Å². The number of hydrogen-bond donors (Lipinski definition) is 0. The maximum Gasteiger partial charge on any atom is 0.0502 e. The average molecular weight is 251 g/mol. The van der Waals surface area contributed by atoms with Gasteiger partial charge in [-0.3, -0.25) is 0 Å². The molecule has 1 saturated heterocycles. The molecule has 1 aliphatic heterocycles. The summed E-state index contributed by atoms with van der Waals surface area (Å²) in [7, 11) is 1.73. The van der Waals surface area contributed by atoms with E-state index in [0.717, 1.165) is 37.4 Å². The monoisotopic (exact) mass is 251 g/mol. The van der Waals surface area contributed by atoms with Crippen molar-refractivity contribution in [3.05, 3.63) is 35.4 Å². The van der Waals surface area contributed by atoms with Crippen molar-refractivity contribution in [3.8, 4) is 0 Å². The summed E-state index contributed by atoms with van der Waals surface area (Å²) in [4.78, 5) is 0. The second-order valence-electron chi connectivity index (χ2n) is 5.12. The van der Waals surface area contributed by atoms with E-state index in [-0.39, 0.29) is 0 Å². The van der Waals surface area contributed by atoms with E-state index in [4.69, 9.17) is 4.74 Å². The van der Waals surface area contributed by atoms with Crippen molar-refractivity contribution in [2.24, 2.45) is 5.92 Å². The van der Waals surface area contributed by atoms with Gasteiger partial charge in [0.15, 0.2) is 0 Å². The van der Waals surface area contributed by atoms with Crippen molar-refractivity contribution in [1.29, 1.82) is 0 Å². The molecule has 0 bridgehead atoms. The highest BCUT2D eigenvalue weighted by Gasteiger charge is 2.18. The highest BCUT2D eigenvalue weighted by atomic mass is 19.2. The number of nitrogens with zero attached hydrogens (tertiary/aromatic N) is 1. The Morgan fingerprint density at radius 3 is 2.72 bits per heavy atom. The number of hydrogen-bond acceptors (Lipinski definition) is 2. The molecule has 0 aromatic heterocycles. The van der Waals surface area contributed by atoms with Gasteiger partial charge in [0.25, 0.3) is 0 Å². The molecule has 3 heteroatoms. The van der Waals surface area contributed by atoms with Gasteiger partial charge in [0.2, 0.25) is 0 Å². The zero-order valence-corrected chi connectivity index (χ0v) is 11.1. The lowest BCUT2D eigenvalue weighted by atomic mass is 9.90. The Kier molecular flexibility index (Phi) is 5.14. The van der Waals surface area contributed by atoms with E-state index in [1.54, 1.807) is 7.11 Å². The van der Waals surface area contributed by atoms with Gasteiger partial charge in [-0.05, 0) is 42.7 Å². The molecular formula is C15H22FNO. The Hall–Kier alpha value is -0.930. The summed E-state index contributed by atoms with van der Waals surface area (Å²) in [5.41, 5.74) is 2.71. The van der Waals surface area contributed by atoms with Crippen molar-refractivity contribution < 1.29 is 9.22 Å². The molecule has 1 aromatic carbocycles. The molecule has 0 saturated carbocycles. The maximum absolute atomic E-state index is 12.9. The third-order valence-electron chi connectivity index (χ3n) is 3.67. The molecule has 0 radical (unpaired) electrons. The van der Waals surface area contributed by atoms with E-state index in [9.17, 15) is 4.48 Å². The largest absolute Gasteiger partial charge is 0.384 e. The van der Waals surface area contributed by atoms with Crippen LogP contribution in [0.5, 0.6) is 0 Å². The van der Waals surface area contributed by atoms with Gasteiger partial charge in [-0.25, -0.2) is 0 Å². The molecule has 0 amide bonds. The van der Waals surface area contributed by atoms with Crippen LogP contribution in [0.1, 0.15) is 24.0 Å². The summed E-state index contributed by atoms with van der Waals surface area (Å²) in [6.45, 7) is 1.95. The fraction of sp³-hybridized carbons (Fsp3) is 0.600. The van der Waals surface area contributed by atoms with Crippen LogP contribution in [0.4, 0.5) is 4.48 Å². The smallest absolute Gasteiger partial charge is 0.0502 e. The number of piperidine rings is 1. The number of benzene rings is 1. The molecule has 0 unspecified atom stereocenters. The Morgan fingerprint density at radius 1 is 1.28 bits per heavy atom. The average Bonchev–Trinajstić information content (AvgIpc) is 2.40. The second-order valence-corrected chi connectivity index (χ2v) is 5.12. The minimum absolute atomic E-state index is 0.591. The summed E-state index contributed by atoms with van der Waals surface area (Å²) in [5.74, 6) is 0.634. The van der Waals surface area contributed by atoms with E-state index in [1.165, 1.54) is 11.1 Å². The van der Waals surface area contributed by atoms with Crippen LogP contribution in [0.25, 0.3) is 0 Å². The first-order valence-electron chi connectivity index (χ1n) is 6.75. The highest BCUT2D eigenvalue weighted by Crippen LogP contribution is 2.22. The lowest BCUT2D eigenvalue weighted by Crippen LogP contribution is -2.28. The molecule has 0 atom stereocenters. The lowest BCUT2D eigenvalue weighted by molar-refractivity contribution is -0.00853. The van der Waals surface area contributed by atoms with Crippen molar-refractivity contribution in [3.63, 3.8) is 0 Å². The van der Waals surface area contributed by atoms with Crippen LogP contribution in [0.2, 0.25) is 0 Å². The molecule has 100 valence electrons. The fourth-order valence-corrected chi connectivity index (χ4v) is 2.57. The molecule has 0 spiro atoms. The predicted molar refractivity (Wildman–Crippen MR) is 71.1 cm³/mol. The van der Waals surface area contributed by atoms with Crippen LogP contribution >= 0.6 is 0 Å². The SMILES string of the molecule is COCCc1cccc(CC2CCN(F)CC2)c1. The van der Waals surface area contributed by atoms with E-state index in [2.05, 4.69) is 24.3 Å². The number of halogens is 1. The standard InChI is InChI=1S/C15H22FNO/c1-18-10-7-13-3-2-4-15(11-13)12-14-5-8-17(16)9-6-14/h2-4,11,14H,5-10,12H2,1H3. The number of ether oxygens (including phenoxy) is 1. The second kappa shape index (κ2) is 6.86. The Morgan fingerprint density at radius 2 is 2.00 bits per heavy atom. The van der Waals surface area contributed by atoms with Crippen molar-refractivity contribution in [1.82, 2.24) is 5.12 Å². The van der Waals surface area contributed by atoms with Gasteiger partial charge in [-0.2, -0.15) is 0 Å². The van der Waals surface area contributed by atoms with Gasteiger partial charge in [0.05, 0.1) is 6.61 Å². The van der Waals surface area contributed by atoms with Gasteiger partial charge in [0.1, 0.15) is 0 Å². The van der Waals surface area contributed by atoms with E-state index < -0.39 is 0 Å². The zero-order chi connectivity index (χ0) is 12.8. The van der Waals surface area contributed by atoms with Crippen LogP contribution in [0.3, 0.4) is 0 Å². The number of methoxy groups -OCH3 is 1. The Balaban J connectivity index is 1.88. The fourth-order valence-electron chi connectivity index (χ4n) is 2.57. The third-order valence-corrected chi connectivity index (χ3v) is 3.67. The molecule has 18 heavy (non-hydrogen) atoms. The van der Waals surface area contributed by atoms with E-state index in [1.807, 2.05) is 0 Å². The normalized spacial score (nSPS) is 18.1. The van der Waals surface area contributed by atoms with Crippen molar-refractivity contribution in [2.45, 2.75) is 25.7 Å². The molecule has 1 heterocycles. The van der Waals surface area contributed by atoms with Crippen molar-refractivity contribution >= 4 is 0 Å². The first-order chi connectivity index (χ1) is 8.78. The Labute approximate surface area is 109 Å². The quantitative estimate of drug-likeness (QED) is 0.746. The van der Waals surface area contributed by atoms with Crippen molar-refractivity contribution in [2.75, 3.05) is 26.8 Å². The summed E-state index contributed by atoms with van der Waals surface area (Å²) >= 11 is 0. The zero-order valence-electron chi connectivity index (χ0n) is 11.1. The molecule has 2 nitrogen and oxygen atoms in total. The van der Waals surface area contributed by atoms with Crippen LogP contribution in [-0.2, 0) is 17.6 Å². The predicted octanol–water partition coefficient (Wildman–Crippen LogP) is 3.01. The maximum atomic E-state index is 12.9. The molecule has 0 N–H and O–H groups in total. The Bertz CT molecular complexity index is 361. The molecule has 0 aliphatic carbocycles. The third kappa shape index (κ3) is 4.07. The molecule has 1 fully saturated rings. The lowest BCUT2D eigenvalue weighted by Gasteiger charge is -2.25. The van der Waals surface area contributed by atoms with Crippen LogP contribution in [0, 0.1) is 5.92 Å². The minimum atomic E-state index is 0.591. The van der Waals surface area contributed by atoms with Gasteiger partial charge < -0.3 is 4.74 Å². The minimum Gasteiger partial charge on any atom is -0.384 e. The molecule has 2 rings (SSSR count). The first-order valence-corrected chi connectivity index (χ1v) is 6.75. The molecule has 1 aromatic rings. The van der Waals surface area contributed by atoms with Crippen LogP contribution in [-0.4, -0.2) is 31.9 Å². The summed E-state index contributed by atoms with van der Waals surface area (Å²) < 4.78 is 18.0. The van der Waals surface area contributed by atoms with E-state index in [0.29, 0.717) is 19.0 Å². The van der Waals surface area contributed by atoms with Gasteiger partial charge in [0, 0.05) is 20.2 Å². The summed E-state index contributed by atoms with van der Waals surface area (Å²) in [5, 5.41) is 0.936. The highest BCUT2D eigenvalue weighted by molar-refractivity contribution is 5.24. The summed E-state index contributed by atoms with van der Waals surface area (Å²) in [6.07, 6.45) is 3.99. The first kappa shape index (κ1) is 13.5. The van der Waals surface area contributed by atoms with Gasteiger partial charge in [-0.15, -0.1) is 9.60 Å². The number of rotatable bonds is 5. The van der Waals surface area contributed by atoms with Crippen LogP contribution < -0.4 is 0 Å². The van der Waals surface area contributed by atoms with Gasteiger partial charge in [-0.1, -0.05) is 24.3 Å². The summed E-state index contributed by atoms with van der Waals surface area (Å²) in [6, 6.07) is 8.70.